The van der Waals surface area contributed by atoms with Gasteiger partial charge in [0.1, 0.15) is 11.4 Å². The standard InChI is InChI=1S/C15H20N4O2/c1-5-19(9-12-8-6-7-10(2)16-12)14-13(15(20)21)11(3)17-18(14)4/h6-8H,5,9H2,1-4H3,(H,20,21). The summed E-state index contributed by atoms with van der Waals surface area (Å²) in [5.41, 5.74) is 2.64. The molecule has 0 aromatic carbocycles. The number of aromatic nitrogens is 3. The number of carbonyl (C=O) groups is 1. The van der Waals surface area contributed by atoms with Crippen LogP contribution in [0.1, 0.15) is 34.4 Å². The average Bonchev–Trinajstić information content (AvgIpc) is 2.71. The topological polar surface area (TPSA) is 71.2 Å². The maximum absolute atomic E-state index is 11.5. The van der Waals surface area contributed by atoms with E-state index in [2.05, 4.69) is 10.1 Å². The van der Waals surface area contributed by atoms with Crippen molar-refractivity contribution in [2.45, 2.75) is 27.3 Å². The lowest BCUT2D eigenvalue weighted by Gasteiger charge is -2.23. The maximum Gasteiger partial charge on any atom is 0.341 e. The summed E-state index contributed by atoms with van der Waals surface area (Å²) in [6, 6.07) is 5.84. The summed E-state index contributed by atoms with van der Waals surface area (Å²) in [5, 5.41) is 13.7. The van der Waals surface area contributed by atoms with Gasteiger partial charge in [-0.25, -0.2) is 4.79 Å². The zero-order chi connectivity index (χ0) is 15.6. The van der Waals surface area contributed by atoms with Crippen LogP contribution in [0.4, 0.5) is 5.82 Å². The number of carboxylic acids is 1. The summed E-state index contributed by atoms with van der Waals surface area (Å²) in [7, 11) is 1.76. The van der Waals surface area contributed by atoms with E-state index in [1.165, 1.54) is 0 Å². The van der Waals surface area contributed by atoms with Crippen molar-refractivity contribution in [2.24, 2.45) is 7.05 Å². The fraction of sp³-hybridized carbons (Fsp3) is 0.400. The van der Waals surface area contributed by atoms with Crippen molar-refractivity contribution in [1.29, 1.82) is 0 Å². The van der Waals surface area contributed by atoms with Crippen LogP contribution in [-0.2, 0) is 13.6 Å². The normalized spacial score (nSPS) is 10.7. The SMILES string of the molecule is CCN(Cc1cccc(C)n1)c1c(C(=O)O)c(C)nn1C. The second-order valence-corrected chi connectivity index (χ2v) is 5.00. The van der Waals surface area contributed by atoms with E-state index in [0.717, 1.165) is 11.4 Å². The van der Waals surface area contributed by atoms with E-state index in [4.69, 9.17) is 0 Å². The maximum atomic E-state index is 11.5. The van der Waals surface area contributed by atoms with Crippen molar-refractivity contribution in [1.82, 2.24) is 14.8 Å². The predicted octanol–water partition coefficient (Wildman–Crippen LogP) is 2.16. The van der Waals surface area contributed by atoms with E-state index in [1.54, 1.807) is 18.7 Å². The van der Waals surface area contributed by atoms with E-state index in [0.29, 0.717) is 24.6 Å². The van der Waals surface area contributed by atoms with Crippen LogP contribution in [0.2, 0.25) is 0 Å². The van der Waals surface area contributed by atoms with E-state index in [9.17, 15) is 9.90 Å². The minimum Gasteiger partial charge on any atom is -0.477 e. The van der Waals surface area contributed by atoms with Crippen molar-refractivity contribution >= 4 is 11.8 Å². The Morgan fingerprint density at radius 1 is 1.38 bits per heavy atom. The Morgan fingerprint density at radius 2 is 2.10 bits per heavy atom. The molecule has 2 aromatic heterocycles. The summed E-state index contributed by atoms with van der Waals surface area (Å²) >= 11 is 0. The van der Waals surface area contributed by atoms with Gasteiger partial charge in [-0.2, -0.15) is 5.10 Å². The first-order valence-electron chi connectivity index (χ1n) is 6.88. The minimum atomic E-state index is -0.953. The Hall–Kier alpha value is -2.37. The molecule has 0 saturated heterocycles. The average molecular weight is 288 g/mol. The molecular formula is C15H20N4O2. The van der Waals surface area contributed by atoms with Crippen LogP contribution < -0.4 is 4.90 Å². The van der Waals surface area contributed by atoms with Gasteiger partial charge in [-0.05, 0) is 32.9 Å². The Balaban J connectivity index is 2.40. The van der Waals surface area contributed by atoms with E-state index >= 15 is 0 Å². The van der Waals surface area contributed by atoms with Gasteiger partial charge in [-0.3, -0.25) is 9.67 Å². The van der Waals surface area contributed by atoms with Crippen LogP contribution in [0.5, 0.6) is 0 Å². The summed E-state index contributed by atoms with van der Waals surface area (Å²) in [6.45, 7) is 6.87. The van der Waals surface area contributed by atoms with E-state index in [-0.39, 0.29) is 5.56 Å². The number of rotatable bonds is 5. The summed E-state index contributed by atoms with van der Waals surface area (Å²) < 4.78 is 1.62. The number of hydrogen-bond acceptors (Lipinski definition) is 4. The predicted molar refractivity (Wildman–Crippen MR) is 80.6 cm³/mol. The first-order valence-corrected chi connectivity index (χ1v) is 6.88. The molecule has 2 rings (SSSR count). The minimum absolute atomic E-state index is 0.256. The molecule has 2 heterocycles. The Kier molecular flexibility index (Phi) is 4.26. The van der Waals surface area contributed by atoms with Crippen molar-refractivity contribution in [3.8, 4) is 0 Å². The Bertz CT molecular complexity index is 664. The highest BCUT2D eigenvalue weighted by Gasteiger charge is 2.23. The largest absolute Gasteiger partial charge is 0.477 e. The van der Waals surface area contributed by atoms with Crippen molar-refractivity contribution in [2.75, 3.05) is 11.4 Å². The number of aromatic carboxylic acids is 1. The van der Waals surface area contributed by atoms with Gasteiger partial charge in [0.2, 0.25) is 0 Å². The summed E-state index contributed by atoms with van der Waals surface area (Å²) in [4.78, 5) is 17.9. The number of hydrogen-bond donors (Lipinski definition) is 1. The van der Waals surface area contributed by atoms with Gasteiger partial charge >= 0.3 is 5.97 Å². The fourth-order valence-electron chi connectivity index (χ4n) is 2.48. The number of carboxylic acid groups (broad SMARTS) is 1. The second kappa shape index (κ2) is 5.95. The molecule has 0 bridgehead atoms. The molecule has 0 unspecified atom stereocenters. The van der Waals surface area contributed by atoms with Crippen LogP contribution in [0.25, 0.3) is 0 Å². The molecule has 0 aliphatic heterocycles. The third kappa shape index (κ3) is 3.04. The first-order chi connectivity index (χ1) is 9.93. The van der Waals surface area contributed by atoms with Gasteiger partial charge in [0.15, 0.2) is 0 Å². The summed E-state index contributed by atoms with van der Waals surface area (Å²) in [5.74, 6) is -0.336. The number of anilines is 1. The molecule has 0 amide bonds. The van der Waals surface area contributed by atoms with Gasteiger partial charge in [0.05, 0.1) is 17.9 Å². The quantitative estimate of drug-likeness (QED) is 0.913. The third-order valence-corrected chi connectivity index (χ3v) is 3.39. The molecule has 21 heavy (non-hydrogen) atoms. The second-order valence-electron chi connectivity index (χ2n) is 5.00. The molecule has 112 valence electrons. The monoisotopic (exact) mass is 288 g/mol. The zero-order valence-corrected chi connectivity index (χ0v) is 12.8. The molecule has 0 fully saturated rings. The highest BCUT2D eigenvalue weighted by Crippen LogP contribution is 2.24. The van der Waals surface area contributed by atoms with Gasteiger partial charge < -0.3 is 10.0 Å². The van der Waals surface area contributed by atoms with Gasteiger partial charge in [-0.1, -0.05) is 6.07 Å². The lowest BCUT2D eigenvalue weighted by molar-refractivity contribution is 0.0696. The highest BCUT2D eigenvalue weighted by atomic mass is 16.4. The smallest absolute Gasteiger partial charge is 0.341 e. The first kappa shape index (κ1) is 15.0. The number of aryl methyl sites for hydroxylation is 3. The van der Waals surface area contributed by atoms with E-state index in [1.807, 2.05) is 36.9 Å². The fourth-order valence-corrected chi connectivity index (χ4v) is 2.48. The molecule has 0 saturated carbocycles. The number of pyridine rings is 1. The molecule has 1 N–H and O–H groups in total. The third-order valence-electron chi connectivity index (χ3n) is 3.39. The lowest BCUT2D eigenvalue weighted by Crippen LogP contribution is -2.26. The molecule has 6 nitrogen and oxygen atoms in total. The lowest BCUT2D eigenvalue weighted by atomic mass is 10.2. The van der Waals surface area contributed by atoms with Crippen molar-refractivity contribution in [3.63, 3.8) is 0 Å². The molecule has 2 aromatic rings. The van der Waals surface area contributed by atoms with Crippen molar-refractivity contribution < 1.29 is 9.90 Å². The zero-order valence-electron chi connectivity index (χ0n) is 12.8. The summed E-state index contributed by atoms with van der Waals surface area (Å²) in [6.07, 6.45) is 0. The molecule has 0 aliphatic rings. The molecule has 0 radical (unpaired) electrons. The van der Waals surface area contributed by atoms with Gasteiger partial charge in [-0.15, -0.1) is 0 Å². The van der Waals surface area contributed by atoms with Crippen LogP contribution in [0, 0.1) is 13.8 Å². The Labute approximate surface area is 124 Å². The van der Waals surface area contributed by atoms with Crippen LogP contribution >= 0.6 is 0 Å². The van der Waals surface area contributed by atoms with Crippen molar-refractivity contribution in [3.05, 3.63) is 40.8 Å². The van der Waals surface area contributed by atoms with E-state index < -0.39 is 5.97 Å². The highest BCUT2D eigenvalue weighted by molar-refractivity contribution is 5.94. The van der Waals surface area contributed by atoms with Crippen LogP contribution in [0.15, 0.2) is 18.2 Å². The molecule has 0 atom stereocenters. The molecule has 0 aliphatic carbocycles. The molecule has 6 heteroatoms. The van der Waals surface area contributed by atoms with Crippen LogP contribution in [-0.4, -0.2) is 32.4 Å². The molecule has 0 spiro atoms. The van der Waals surface area contributed by atoms with Gasteiger partial charge in [0.25, 0.3) is 0 Å². The van der Waals surface area contributed by atoms with Gasteiger partial charge in [0, 0.05) is 19.3 Å². The number of nitrogens with zero attached hydrogens (tertiary/aromatic N) is 4. The van der Waals surface area contributed by atoms with Crippen LogP contribution in [0.3, 0.4) is 0 Å². The Morgan fingerprint density at radius 3 is 2.67 bits per heavy atom. The molecular weight excluding hydrogens is 268 g/mol.